The fourth-order valence-electron chi connectivity index (χ4n) is 3.33. The second kappa shape index (κ2) is 8.16. The normalized spacial score (nSPS) is 10.8. The second-order valence-corrected chi connectivity index (χ2v) is 7.56. The molecule has 4 rings (SSSR count). The third-order valence-electron chi connectivity index (χ3n) is 4.73. The number of carbonyl (C=O) groups excluding carboxylic acids is 3. The van der Waals surface area contributed by atoms with Crippen LogP contribution in [0.25, 0.3) is 21.1 Å². The smallest absolute Gasteiger partial charge is 0.396 e. The molecule has 0 unspecified atom stereocenters. The van der Waals surface area contributed by atoms with E-state index in [0.29, 0.717) is 22.1 Å². The summed E-state index contributed by atoms with van der Waals surface area (Å²) in [6, 6.07) is 10.5. The summed E-state index contributed by atoms with van der Waals surface area (Å²) in [5.41, 5.74) is 0.0997. The molecule has 0 aliphatic heterocycles. The molecular weight excluding hydrogens is 438 g/mol. The van der Waals surface area contributed by atoms with Crippen molar-refractivity contribution in [2.75, 3.05) is 19.5 Å². The van der Waals surface area contributed by atoms with Crippen LogP contribution in [0.2, 0.25) is 0 Å². The zero-order valence-electron chi connectivity index (χ0n) is 16.8. The molecule has 10 heteroatoms. The fraction of sp³-hybridized carbons (Fsp3) is 0.0909. The van der Waals surface area contributed by atoms with E-state index < -0.39 is 22.8 Å². The second-order valence-electron chi connectivity index (χ2n) is 6.62. The van der Waals surface area contributed by atoms with Gasteiger partial charge in [0.1, 0.15) is 11.3 Å². The summed E-state index contributed by atoms with van der Waals surface area (Å²) in [6.07, 6.45) is 0. The monoisotopic (exact) mass is 453 g/mol. The molecule has 1 heterocycles. The maximum absolute atomic E-state index is 13.2. The van der Waals surface area contributed by atoms with E-state index in [-0.39, 0.29) is 38.4 Å². The first-order valence-electron chi connectivity index (χ1n) is 9.14. The lowest BCUT2D eigenvalue weighted by Crippen LogP contribution is -2.15. The number of esters is 2. The molecule has 162 valence electrons. The lowest BCUT2D eigenvalue weighted by molar-refractivity contribution is 0.0598. The Bertz CT molecular complexity index is 1430. The Morgan fingerprint density at radius 1 is 0.969 bits per heavy atom. The Morgan fingerprint density at radius 3 is 2.16 bits per heavy atom. The highest BCUT2D eigenvalue weighted by Gasteiger charge is 2.24. The van der Waals surface area contributed by atoms with Crippen LogP contribution in [0.1, 0.15) is 31.1 Å². The maximum atomic E-state index is 13.2. The summed E-state index contributed by atoms with van der Waals surface area (Å²) in [6.45, 7) is 0. The van der Waals surface area contributed by atoms with E-state index >= 15 is 0 Å². The van der Waals surface area contributed by atoms with Crippen molar-refractivity contribution >= 4 is 55.9 Å². The molecular formula is C22H15NO8S. The molecule has 2 N–H and O–H groups in total. The van der Waals surface area contributed by atoms with Gasteiger partial charge in [0.2, 0.25) is 0 Å². The van der Waals surface area contributed by atoms with Gasteiger partial charge in [0.25, 0.3) is 5.91 Å². The van der Waals surface area contributed by atoms with E-state index in [9.17, 15) is 24.3 Å². The topological polar surface area (TPSA) is 132 Å². The van der Waals surface area contributed by atoms with Crippen molar-refractivity contribution in [3.63, 3.8) is 0 Å². The zero-order valence-corrected chi connectivity index (χ0v) is 17.6. The highest BCUT2D eigenvalue weighted by atomic mass is 32.1. The third-order valence-corrected chi connectivity index (χ3v) is 5.57. The number of hydrogen-bond donors (Lipinski definition) is 2. The van der Waals surface area contributed by atoms with Crippen LogP contribution in [0, 0.1) is 0 Å². The predicted molar refractivity (Wildman–Crippen MR) is 117 cm³/mol. The predicted octanol–water partition coefficient (Wildman–Crippen LogP) is 3.54. The minimum Gasteiger partial charge on any atom is -0.506 e. The van der Waals surface area contributed by atoms with Crippen molar-refractivity contribution in [1.29, 1.82) is 0 Å². The van der Waals surface area contributed by atoms with Gasteiger partial charge >= 0.3 is 16.9 Å². The lowest BCUT2D eigenvalue weighted by atomic mass is 10.0. The van der Waals surface area contributed by atoms with Crippen LogP contribution < -0.4 is 10.3 Å². The number of anilines is 1. The average molecular weight is 453 g/mol. The molecule has 9 nitrogen and oxygen atoms in total. The van der Waals surface area contributed by atoms with Crippen LogP contribution in [0.5, 0.6) is 5.75 Å². The average Bonchev–Trinajstić information content (AvgIpc) is 3.18. The molecule has 0 aliphatic carbocycles. The summed E-state index contributed by atoms with van der Waals surface area (Å²) < 4.78 is 14.8. The van der Waals surface area contributed by atoms with Crippen LogP contribution in [-0.2, 0) is 9.47 Å². The number of amides is 1. The van der Waals surface area contributed by atoms with Gasteiger partial charge in [0.05, 0.1) is 30.0 Å². The van der Waals surface area contributed by atoms with Gasteiger partial charge in [0, 0.05) is 16.5 Å². The number of benzene rings is 3. The maximum Gasteiger partial charge on any atom is 0.396 e. The molecule has 0 spiro atoms. The Kier molecular flexibility index (Phi) is 5.37. The molecule has 0 saturated heterocycles. The Morgan fingerprint density at radius 2 is 1.56 bits per heavy atom. The summed E-state index contributed by atoms with van der Waals surface area (Å²) in [5.74, 6) is -2.56. The van der Waals surface area contributed by atoms with Gasteiger partial charge in [0.15, 0.2) is 5.58 Å². The van der Waals surface area contributed by atoms with Gasteiger partial charge in [-0.25, -0.2) is 14.4 Å². The number of phenols is 1. The van der Waals surface area contributed by atoms with Crippen molar-refractivity contribution in [3.05, 3.63) is 68.9 Å². The van der Waals surface area contributed by atoms with Crippen LogP contribution >= 0.6 is 11.3 Å². The first-order valence-corrected chi connectivity index (χ1v) is 9.96. The van der Waals surface area contributed by atoms with E-state index in [2.05, 4.69) is 14.8 Å². The van der Waals surface area contributed by atoms with E-state index in [4.69, 9.17) is 4.42 Å². The number of ether oxygens (including phenoxy) is 2. The number of hydrogen-bond acceptors (Lipinski definition) is 9. The SMILES string of the molecule is COC(=O)c1cc(NC(=O)c2c(O)c3ccccc3c3oc(=O)sc23)cc(C(=O)OC)c1. The van der Waals surface area contributed by atoms with Crippen molar-refractivity contribution < 1.29 is 33.4 Å². The quantitative estimate of drug-likeness (QED) is 0.449. The van der Waals surface area contributed by atoms with Gasteiger partial charge in [-0.1, -0.05) is 35.6 Å². The largest absolute Gasteiger partial charge is 0.506 e. The molecule has 1 amide bonds. The minimum atomic E-state index is -0.770. The molecule has 0 bridgehead atoms. The van der Waals surface area contributed by atoms with E-state index in [1.165, 1.54) is 32.4 Å². The summed E-state index contributed by atoms with van der Waals surface area (Å²) in [7, 11) is 2.35. The zero-order chi connectivity index (χ0) is 23.0. The van der Waals surface area contributed by atoms with Crippen LogP contribution in [0.15, 0.2) is 51.7 Å². The van der Waals surface area contributed by atoms with Crippen molar-refractivity contribution in [2.24, 2.45) is 0 Å². The fourth-order valence-corrected chi connectivity index (χ4v) is 4.15. The Hall–Kier alpha value is -4.18. The Labute approximate surface area is 183 Å². The lowest BCUT2D eigenvalue weighted by Gasteiger charge is -2.12. The van der Waals surface area contributed by atoms with Crippen LogP contribution in [0.4, 0.5) is 5.69 Å². The first kappa shape index (κ1) is 21.1. The van der Waals surface area contributed by atoms with Crippen molar-refractivity contribution in [1.82, 2.24) is 0 Å². The Balaban J connectivity index is 1.86. The van der Waals surface area contributed by atoms with Gasteiger partial charge in [-0.3, -0.25) is 4.79 Å². The number of fused-ring (bicyclic) bond motifs is 3. The summed E-state index contributed by atoms with van der Waals surface area (Å²) in [4.78, 5) is 48.4. The standard InChI is InChI=1S/C22H15NO8S/c1-29-20(26)10-7-11(21(27)30-2)9-12(8-10)23-19(25)15-16(24)13-5-3-4-6-14(13)17-18(15)32-22(28)31-17/h3-9,24H,1-2H3,(H,23,25). The highest BCUT2D eigenvalue weighted by Crippen LogP contribution is 2.39. The number of carbonyl (C=O) groups is 3. The van der Waals surface area contributed by atoms with Crippen molar-refractivity contribution in [2.45, 2.75) is 0 Å². The van der Waals surface area contributed by atoms with Crippen molar-refractivity contribution in [3.8, 4) is 5.75 Å². The number of aromatic hydroxyl groups is 1. The number of phenolic OH excluding ortho intramolecular Hbond substituents is 1. The number of methoxy groups -OCH3 is 2. The molecule has 0 saturated carbocycles. The number of nitrogens with one attached hydrogen (secondary N) is 1. The van der Waals surface area contributed by atoms with Gasteiger partial charge in [-0.2, -0.15) is 0 Å². The van der Waals surface area contributed by atoms with E-state index in [1.54, 1.807) is 24.3 Å². The molecule has 3 aromatic carbocycles. The van der Waals surface area contributed by atoms with Gasteiger partial charge in [-0.15, -0.1) is 0 Å². The van der Waals surface area contributed by atoms with Gasteiger partial charge < -0.3 is 24.3 Å². The molecule has 4 aromatic rings. The number of rotatable bonds is 4. The summed E-state index contributed by atoms with van der Waals surface area (Å²) >= 11 is 0.679. The highest BCUT2D eigenvalue weighted by molar-refractivity contribution is 7.16. The van der Waals surface area contributed by atoms with E-state index in [1.807, 2.05) is 0 Å². The van der Waals surface area contributed by atoms with Crippen LogP contribution in [0.3, 0.4) is 0 Å². The van der Waals surface area contributed by atoms with E-state index in [0.717, 1.165) is 0 Å². The molecule has 1 aromatic heterocycles. The van der Waals surface area contributed by atoms with Crippen LogP contribution in [-0.4, -0.2) is 37.2 Å². The molecule has 0 atom stereocenters. The first-order chi connectivity index (χ1) is 15.3. The summed E-state index contributed by atoms with van der Waals surface area (Å²) in [5, 5.41) is 14.2. The molecule has 0 radical (unpaired) electrons. The minimum absolute atomic E-state index is 0.00606. The third kappa shape index (κ3) is 3.56. The molecule has 0 fully saturated rings. The van der Waals surface area contributed by atoms with Gasteiger partial charge in [-0.05, 0) is 18.2 Å². The molecule has 32 heavy (non-hydrogen) atoms. The molecule has 0 aliphatic rings.